The number of phenolic OH excluding ortho intramolecular Hbond substituents is 8. The van der Waals surface area contributed by atoms with Crippen LogP contribution in [0.15, 0.2) is 267 Å². The first-order valence-corrected chi connectivity index (χ1v) is 49.8. The molecule has 13 N–H and O–H groups in total. The second-order valence-electron chi connectivity index (χ2n) is 37.3. The predicted molar refractivity (Wildman–Crippen MR) is 567 cm³/mol. The number of esters is 4. The second-order valence-corrected chi connectivity index (χ2v) is 37.3. The largest absolute Gasteiger partial charge is 0.507 e. The van der Waals surface area contributed by atoms with E-state index in [4.69, 9.17) is 18.9 Å². The van der Waals surface area contributed by atoms with E-state index in [-0.39, 0.29) is 105 Å². The quantitative estimate of drug-likeness (QED) is 0.0125. The number of fused-ring (bicyclic) bond motifs is 4. The molecule has 0 amide bonds. The van der Waals surface area contributed by atoms with Crippen LogP contribution in [0.25, 0.3) is 43.6 Å². The lowest BCUT2D eigenvalue weighted by molar-refractivity contribution is 0.0256. The highest BCUT2D eigenvalue weighted by Crippen LogP contribution is 2.39. The number of nitrogens with zero attached hydrogens (tertiary/aromatic N) is 4. The Labute approximate surface area is 845 Å². The van der Waals surface area contributed by atoms with Gasteiger partial charge in [0.25, 0.3) is 0 Å². The summed E-state index contributed by atoms with van der Waals surface area (Å²) in [5, 5.41) is 134. The van der Waals surface area contributed by atoms with Gasteiger partial charge in [-0.15, -0.1) is 0 Å². The smallest absolute Gasteiger partial charge is 0.338 e. The average Bonchev–Trinajstić information content (AvgIpc) is 1.65. The van der Waals surface area contributed by atoms with Crippen molar-refractivity contribution in [3.8, 4) is 46.0 Å². The molecule has 145 heavy (non-hydrogen) atoms. The fourth-order valence-corrected chi connectivity index (χ4v) is 17.8. The van der Waals surface area contributed by atoms with Crippen molar-refractivity contribution in [2.45, 2.75) is 202 Å². The Hall–Kier alpha value is -15.3. The number of aliphatic hydroxyl groups is 4. The van der Waals surface area contributed by atoms with Crippen LogP contribution in [0.2, 0.25) is 0 Å². The van der Waals surface area contributed by atoms with Crippen LogP contribution in [0.5, 0.6) is 46.0 Å². The first-order valence-electron chi connectivity index (χ1n) is 49.8. The summed E-state index contributed by atoms with van der Waals surface area (Å²) in [5.74, 6) is -1.32. The van der Waals surface area contributed by atoms with E-state index in [1.54, 1.807) is 116 Å². The van der Waals surface area contributed by atoms with Gasteiger partial charge in [0.2, 0.25) is 0 Å². The van der Waals surface area contributed by atoms with Crippen molar-refractivity contribution < 1.29 is 99.4 Å². The number of carbonyl (C=O) groups excluding carboxylic acids is 4. The van der Waals surface area contributed by atoms with Gasteiger partial charge in [0.15, 0.2) is 0 Å². The number of carbonyl (C=O) groups is 4. The highest BCUT2D eigenvalue weighted by molar-refractivity contribution is 5.92. The summed E-state index contributed by atoms with van der Waals surface area (Å²) in [6, 6.07) is 73.2. The molecule has 4 heterocycles. The molecule has 758 valence electrons. The maximum absolute atomic E-state index is 12.4. The Morgan fingerprint density at radius 3 is 0.669 bits per heavy atom. The molecule has 4 atom stereocenters. The molecule has 0 saturated heterocycles. The van der Waals surface area contributed by atoms with Gasteiger partial charge in [-0.25, -0.2) is 19.2 Å². The maximum atomic E-state index is 12.4. The zero-order valence-corrected chi connectivity index (χ0v) is 83.6. The Kier molecular flexibility index (Phi) is 38.1. The number of anilines is 1. The van der Waals surface area contributed by atoms with Crippen LogP contribution in [-0.4, -0.2) is 161 Å². The van der Waals surface area contributed by atoms with Gasteiger partial charge in [-0.1, -0.05) is 179 Å². The van der Waals surface area contributed by atoms with Gasteiger partial charge in [-0.2, -0.15) is 0 Å². The van der Waals surface area contributed by atoms with Crippen LogP contribution in [0.1, 0.15) is 204 Å². The summed E-state index contributed by atoms with van der Waals surface area (Å²) < 4.78 is 29.1. The Morgan fingerprint density at radius 1 is 0.283 bits per heavy atom. The highest BCUT2D eigenvalue weighted by atomic mass is 16.6. The Balaban J connectivity index is 0.000000162. The normalized spacial score (nSPS) is 12.1. The molecular formula is C120H133N5O20. The van der Waals surface area contributed by atoms with E-state index >= 15 is 0 Å². The fraction of sp³-hybridized carbons (Fsp3) is 0.300. The number of phenols is 8. The van der Waals surface area contributed by atoms with Crippen LogP contribution < -0.4 is 5.32 Å². The van der Waals surface area contributed by atoms with Crippen molar-refractivity contribution in [3.63, 3.8) is 0 Å². The number of aliphatic hydroxyl groups excluding tert-OH is 4. The van der Waals surface area contributed by atoms with Gasteiger partial charge < -0.3 is 104 Å². The SMILES string of the molecule is CCCCc1cc(O)c(Cn2cc(C[C@H](O)COC(=O)c3ccc(C)cc3)c3ccccc32)c(O)c1.CCCCc1cc(O)c(Cn2cc(C[C@H](O)COC(=O)c3ccc(C)cc3)c3ccccc32)c(O)c1.CCCCc1cc(O)c(Cn2cc(C[C@H](O)COC(=O)c3ccc(C)cc3)c3ccccc32)c(O)c1.CCCCc1cc(O)c(Cn2cc(C[C@H](O)COC(=O)c3ccc(NC)cc3)c3ccccc32)c(O)c1. The topological polar surface area (TPSA) is 380 Å². The number of hydrogen-bond acceptors (Lipinski definition) is 21. The molecule has 0 aliphatic rings. The van der Waals surface area contributed by atoms with Gasteiger partial charge in [0, 0.05) is 107 Å². The van der Waals surface area contributed by atoms with Crippen LogP contribution in [0, 0.1) is 20.8 Å². The number of benzene rings is 12. The highest BCUT2D eigenvalue weighted by Gasteiger charge is 2.26. The summed E-state index contributed by atoms with van der Waals surface area (Å²) in [6.45, 7) is 14.9. The third-order valence-electron chi connectivity index (χ3n) is 25.8. The maximum Gasteiger partial charge on any atom is 0.338 e. The van der Waals surface area contributed by atoms with Gasteiger partial charge in [-0.05, 0) is 250 Å². The summed E-state index contributed by atoms with van der Waals surface area (Å²) in [5.41, 5.74) is 18.5. The van der Waals surface area contributed by atoms with Crippen molar-refractivity contribution in [1.82, 2.24) is 18.3 Å². The monoisotopic (exact) mass is 1960 g/mol. The summed E-state index contributed by atoms with van der Waals surface area (Å²) in [4.78, 5) is 49.2. The number of ether oxygens (including phenoxy) is 4. The number of aromatic nitrogens is 4. The predicted octanol–water partition coefficient (Wildman–Crippen LogP) is 21.8. The molecule has 0 saturated carbocycles. The molecule has 0 aliphatic heterocycles. The van der Waals surface area contributed by atoms with Crippen LogP contribution in [0.3, 0.4) is 0 Å². The van der Waals surface area contributed by atoms with E-state index in [1.807, 2.05) is 197 Å². The van der Waals surface area contributed by atoms with Gasteiger partial charge in [-0.3, -0.25) is 0 Å². The lowest BCUT2D eigenvalue weighted by Crippen LogP contribution is -2.21. The van der Waals surface area contributed by atoms with Crippen LogP contribution in [0.4, 0.5) is 5.69 Å². The molecule has 0 spiro atoms. The lowest BCUT2D eigenvalue weighted by atomic mass is 10.0. The van der Waals surface area contributed by atoms with E-state index in [0.29, 0.717) is 63.8 Å². The average molecular weight is 1970 g/mol. The molecule has 12 aromatic carbocycles. The van der Waals surface area contributed by atoms with Crippen LogP contribution in [-0.2, 0) is 96.5 Å². The third kappa shape index (κ3) is 29.1. The molecular weight excluding hydrogens is 1830 g/mol. The minimum atomic E-state index is -0.889. The number of rotatable bonds is 41. The molecule has 16 aromatic rings. The standard InChI is InChI=1S/C30H34N2O5.3C30H33NO5/c1-3-4-7-20-14-28(34)26(29(35)15-20)18-32-17-22(25-8-5-6-9-27(25)32)16-24(33)19-37-30(36)21-10-12-23(31-2)13-11-21;3*1-3-4-7-21-14-28(33)26(29(34)15-21)18-31-17-23(25-8-5-6-9-27(25)31)16-24(32)19-36-30(35)22-12-10-20(2)11-13-22/h5-6,8-15,17,24,31,33-35H,3-4,7,16,18-19H2,1-2H3;3*5-6,8-15,17,24,32-34H,3-4,7,16,18-19H2,1-2H3/t4*24-/m0000/s1. The number of unbranched alkanes of at least 4 members (excludes halogenated alkanes) is 4. The van der Waals surface area contributed by atoms with Crippen molar-refractivity contribution >= 4 is 73.2 Å². The summed E-state index contributed by atoms with van der Waals surface area (Å²) >= 11 is 0. The molecule has 0 aliphatic carbocycles. The number of hydrogen-bond donors (Lipinski definition) is 13. The molecule has 0 bridgehead atoms. The fourth-order valence-electron chi connectivity index (χ4n) is 17.8. The van der Waals surface area contributed by atoms with Crippen molar-refractivity contribution in [2.75, 3.05) is 38.8 Å². The first kappa shape index (κ1) is 107. The van der Waals surface area contributed by atoms with E-state index in [0.717, 1.165) is 188 Å². The van der Waals surface area contributed by atoms with Crippen molar-refractivity contribution in [2.24, 2.45) is 0 Å². The molecule has 4 aromatic heterocycles. The molecule has 25 heteroatoms. The van der Waals surface area contributed by atoms with Gasteiger partial charge >= 0.3 is 23.9 Å². The molecule has 0 radical (unpaired) electrons. The zero-order valence-electron chi connectivity index (χ0n) is 83.6. The number of para-hydroxylation sites is 4. The van der Waals surface area contributed by atoms with E-state index < -0.39 is 48.3 Å². The molecule has 25 nitrogen and oxygen atoms in total. The minimum absolute atomic E-state index is 0.0696. The lowest BCUT2D eigenvalue weighted by Gasteiger charge is -2.12. The van der Waals surface area contributed by atoms with Crippen LogP contribution >= 0.6 is 0 Å². The third-order valence-corrected chi connectivity index (χ3v) is 25.8. The second kappa shape index (κ2) is 51.6. The Morgan fingerprint density at radius 2 is 0.476 bits per heavy atom. The van der Waals surface area contributed by atoms with Gasteiger partial charge in [0.05, 0.1) is 95.1 Å². The first-order chi connectivity index (χ1) is 69.9. The summed E-state index contributed by atoms with van der Waals surface area (Å²) in [7, 11) is 1.80. The van der Waals surface area contributed by atoms with Crippen molar-refractivity contribution in [3.05, 3.63) is 373 Å². The van der Waals surface area contributed by atoms with Crippen molar-refractivity contribution in [1.29, 1.82) is 0 Å². The molecule has 0 unspecified atom stereocenters. The molecule has 16 rings (SSSR count). The van der Waals surface area contributed by atoms with E-state index in [9.17, 15) is 80.5 Å². The minimum Gasteiger partial charge on any atom is -0.507 e. The number of aryl methyl sites for hydroxylation is 7. The van der Waals surface area contributed by atoms with Gasteiger partial charge in [0.1, 0.15) is 72.4 Å². The van der Waals surface area contributed by atoms with E-state index in [2.05, 4.69) is 33.0 Å². The number of aromatic hydroxyl groups is 8. The molecule has 0 fully saturated rings. The Bertz CT molecular complexity index is 6470. The van der Waals surface area contributed by atoms with E-state index in [1.165, 1.54) is 0 Å². The number of nitrogens with one attached hydrogen (secondary N) is 1. The summed E-state index contributed by atoms with van der Waals surface area (Å²) in [6.07, 6.45) is 16.7. The zero-order chi connectivity index (χ0) is 103.